The van der Waals surface area contributed by atoms with E-state index in [9.17, 15) is 14.9 Å². The van der Waals surface area contributed by atoms with E-state index in [4.69, 9.17) is 23.8 Å². The van der Waals surface area contributed by atoms with Crippen molar-refractivity contribution < 1.29 is 9.72 Å². The second-order valence-corrected chi connectivity index (χ2v) is 6.86. The summed E-state index contributed by atoms with van der Waals surface area (Å²) in [5, 5.41) is 17.1. The molecule has 1 amide bonds. The lowest BCUT2D eigenvalue weighted by Crippen LogP contribution is -2.34. The third kappa shape index (κ3) is 4.53. The summed E-state index contributed by atoms with van der Waals surface area (Å²) < 4.78 is 0. The Labute approximate surface area is 166 Å². The molecular weight excluding hydrogens is 388 g/mol. The minimum Gasteiger partial charge on any atom is -0.369 e. The molecule has 0 bridgehead atoms. The maximum absolute atomic E-state index is 12.3. The van der Waals surface area contributed by atoms with E-state index in [-0.39, 0.29) is 16.4 Å². The molecule has 1 aliphatic rings. The minimum absolute atomic E-state index is 0.0919. The predicted molar refractivity (Wildman–Crippen MR) is 110 cm³/mol. The quantitative estimate of drug-likeness (QED) is 0.455. The molecule has 2 N–H and O–H groups in total. The molecule has 2 aromatic rings. The van der Waals surface area contributed by atoms with E-state index >= 15 is 0 Å². The number of nitrogens with one attached hydrogen (secondary N) is 2. The van der Waals surface area contributed by atoms with Crippen molar-refractivity contribution in [3.8, 4) is 0 Å². The molecule has 27 heavy (non-hydrogen) atoms. The number of hydrogen-bond donors (Lipinski definition) is 2. The van der Waals surface area contributed by atoms with Crippen molar-refractivity contribution in [3.63, 3.8) is 0 Å². The van der Waals surface area contributed by atoms with E-state index in [0.29, 0.717) is 10.7 Å². The maximum Gasteiger partial charge on any atom is 0.270 e. The van der Waals surface area contributed by atoms with E-state index in [0.717, 1.165) is 31.6 Å². The first kappa shape index (κ1) is 19.1. The standard InChI is InChI=1S/C18H17ClN4O3S/c19-14-7-4-8-15(16(14)22-9-1-2-10-22)20-18(27)21-17(24)12-5-3-6-13(11-12)23(25)26/h3-8,11H,1-2,9-10H2,(H2,20,21,24,27). The molecule has 140 valence electrons. The lowest BCUT2D eigenvalue weighted by molar-refractivity contribution is -0.384. The molecule has 0 radical (unpaired) electrons. The van der Waals surface area contributed by atoms with Crippen molar-refractivity contribution in [2.45, 2.75) is 12.8 Å². The molecule has 7 nitrogen and oxygen atoms in total. The van der Waals surface area contributed by atoms with E-state index in [1.807, 2.05) is 12.1 Å². The highest BCUT2D eigenvalue weighted by molar-refractivity contribution is 7.80. The highest BCUT2D eigenvalue weighted by atomic mass is 35.5. The second-order valence-electron chi connectivity index (χ2n) is 6.05. The zero-order chi connectivity index (χ0) is 19.4. The molecule has 0 aliphatic carbocycles. The molecule has 0 atom stereocenters. The Hall–Kier alpha value is -2.71. The van der Waals surface area contributed by atoms with Crippen molar-refractivity contribution in [1.29, 1.82) is 0 Å². The molecule has 3 rings (SSSR count). The largest absolute Gasteiger partial charge is 0.369 e. The van der Waals surface area contributed by atoms with Crippen molar-refractivity contribution in [3.05, 3.63) is 63.2 Å². The van der Waals surface area contributed by atoms with Gasteiger partial charge in [0, 0.05) is 30.8 Å². The lowest BCUT2D eigenvalue weighted by atomic mass is 10.2. The number of anilines is 2. The number of thiocarbonyl (C=S) groups is 1. The lowest BCUT2D eigenvalue weighted by Gasteiger charge is -2.23. The molecule has 1 aliphatic heterocycles. The number of hydrogen-bond acceptors (Lipinski definition) is 5. The summed E-state index contributed by atoms with van der Waals surface area (Å²) in [6, 6.07) is 10.9. The van der Waals surface area contributed by atoms with Gasteiger partial charge in [-0.05, 0) is 43.3 Å². The highest BCUT2D eigenvalue weighted by Crippen LogP contribution is 2.35. The summed E-state index contributed by atoms with van der Waals surface area (Å²) in [6.45, 7) is 1.82. The van der Waals surface area contributed by atoms with Crippen LogP contribution in [0, 0.1) is 10.1 Å². The number of amides is 1. The fourth-order valence-electron chi connectivity index (χ4n) is 2.97. The molecule has 2 aromatic carbocycles. The van der Waals surface area contributed by atoms with Crippen LogP contribution in [0.3, 0.4) is 0 Å². The van der Waals surface area contributed by atoms with Crippen molar-refractivity contribution in [1.82, 2.24) is 5.32 Å². The molecule has 0 unspecified atom stereocenters. The number of para-hydroxylation sites is 1. The van der Waals surface area contributed by atoms with Crippen molar-refractivity contribution in [2.24, 2.45) is 0 Å². The summed E-state index contributed by atoms with van der Waals surface area (Å²) in [6.07, 6.45) is 2.19. The van der Waals surface area contributed by atoms with Crippen LogP contribution in [0.5, 0.6) is 0 Å². The average Bonchev–Trinajstić information content (AvgIpc) is 3.16. The van der Waals surface area contributed by atoms with Gasteiger partial charge < -0.3 is 10.2 Å². The van der Waals surface area contributed by atoms with Gasteiger partial charge in [-0.1, -0.05) is 23.7 Å². The molecular formula is C18H17ClN4O3S. The third-order valence-electron chi connectivity index (χ3n) is 4.20. The molecule has 0 aromatic heterocycles. The summed E-state index contributed by atoms with van der Waals surface area (Å²) in [7, 11) is 0. The summed E-state index contributed by atoms with van der Waals surface area (Å²) >= 11 is 11.6. The molecule has 1 heterocycles. The highest BCUT2D eigenvalue weighted by Gasteiger charge is 2.20. The van der Waals surface area contributed by atoms with E-state index < -0.39 is 10.8 Å². The summed E-state index contributed by atoms with van der Waals surface area (Å²) in [5.74, 6) is -0.527. The van der Waals surface area contributed by atoms with Crippen LogP contribution in [-0.2, 0) is 0 Å². The van der Waals surface area contributed by atoms with E-state index in [1.165, 1.54) is 24.3 Å². The number of nitrogens with zero attached hydrogens (tertiary/aromatic N) is 2. The fourth-order valence-corrected chi connectivity index (χ4v) is 3.46. The van der Waals surface area contributed by atoms with Gasteiger partial charge in [-0.3, -0.25) is 20.2 Å². The molecule has 1 fully saturated rings. The van der Waals surface area contributed by atoms with Gasteiger partial charge >= 0.3 is 0 Å². The van der Waals surface area contributed by atoms with Crippen LogP contribution >= 0.6 is 23.8 Å². The summed E-state index contributed by atoms with van der Waals surface area (Å²) in [4.78, 5) is 24.8. The maximum atomic E-state index is 12.3. The number of benzene rings is 2. The van der Waals surface area contributed by atoms with Gasteiger partial charge in [-0.25, -0.2) is 0 Å². The predicted octanol–water partition coefficient (Wildman–Crippen LogP) is 3.98. The Balaban J connectivity index is 1.73. The first-order chi connectivity index (χ1) is 13.0. The van der Waals surface area contributed by atoms with Gasteiger partial charge in [0.2, 0.25) is 0 Å². The van der Waals surface area contributed by atoms with Gasteiger partial charge in [0.05, 0.1) is 21.3 Å². The van der Waals surface area contributed by atoms with Gasteiger partial charge in [0.1, 0.15) is 0 Å². The Morgan fingerprint density at radius 1 is 1.19 bits per heavy atom. The SMILES string of the molecule is O=C(NC(=S)Nc1cccc(Cl)c1N1CCCC1)c1cccc([N+](=O)[O-])c1. The zero-order valence-electron chi connectivity index (χ0n) is 14.3. The number of nitro benzene ring substituents is 1. The number of nitro groups is 1. The first-order valence-electron chi connectivity index (χ1n) is 8.36. The van der Waals surface area contributed by atoms with Crippen LogP contribution in [0.15, 0.2) is 42.5 Å². The van der Waals surface area contributed by atoms with Crippen LogP contribution in [-0.4, -0.2) is 29.0 Å². The van der Waals surface area contributed by atoms with Crippen molar-refractivity contribution >= 4 is 51.9 Å². The summed E-state index contributed by atoms with van der Waals surface area (Å²) in [5.41, 5.74) is 1.55. The fraction of sp³-hybridized carbons (Fsp3) is 0.222. The second kappa shape index (κ2) is 8.32. The first-order valence-corrected chi connectivity index (χ1v) is 9.14. The molecule has 9 heteroatoms. The smallest absolute Gasteiger partial charge is 0.270 e. The Kier molecular flexibility index (Phi) is 5.88. The monoisotopic (exact) mass is 404 g/mol. The Morgan fingerprint density at radius 2 is 1.89 bits per heavy atom. The number of rotatable bonds is 4. The zero-order valence-corrected chi connectivity index (χ0v) is 15.8. The topological polar surface area (TPSA) is 87.5 Å². The molecule has 1 saturated heterocycles. The number of halogens is 1. The van der Waals surface area contributed by atoms with Gasteiger partial charge in [0.25, 0.3) is 11.6 Å². The average molecular weight is 405 g/mol. The number of carbonyl (C=O) groups is 1. The minimum atomic E-state index is -0.554. The molecule has 0 spiro atoms. The third-order valence-corrected chi connectivity index (χ3v) is 4.71. The van der Waals surface area contributed by atoms with Crippen LogP contribution < -0.4 is 15.5 Å². The number of carbonyl (C=O) groups excluding carboxylic acids is 1. The van der Waals surface area contributed by atoms with Gasteiger partial charge in [-0.2, -0.15) is 0 Å². The van der Waals surface area contributed by atoms with E-state index in [2.05, 4.69) is 15.5 Å². The number of non-ortho nitro benzene ring substituents is 1. The Bertz CT molecular complexity index is 900. The van der Waals surface area contributed by atoms with Crippen LogP contribution in [0.2, 0.25) is 5.02 Å². The van der Waals surface area contributed by atoms with Gasteiger partial charge in [0.15, 0.2) is 5.11 Å². The van der Waals surface area contributed by atoms with Crippen molar-refractivity contribution in [2.75, 3.05) is 23.3 Å². The molecule has 0 saturated carbocycles. The van der Waals surface area contributed by atoms with Crippen LogP contribution in [0.1, 0.15) is 23.2 Å². The normalized spacial score (nSPS) is 13.3. The van der Waals surface area contributed by atoms with Gasteiger partial charge in [-0.15, -0.1) is 0 Å². The van der Waals surface area contributed by atoms with E-state index in [1.54, 1.807) is 6.07 Å². The van der Waals surface area contributed by atoms with Crippen LogP contribution in [0.4, 0.5) is 17.1 Å². The Morgan fingerprint density at radius 3 is 2.59 bits per heavy atom. The van der Waals surface area contributed by atoms with Crippen LogP contribution in [0.25, 0.3) is 0 Å².